The van der Waals surface area contributed by atoms with Gasteiger partial charge in [0, 0.05) is 26.2 Å². The number of rotatable bonds is 6. The highest BCUT2D eigenvalue weighted by Crippen LogP contribution is 2.26. The Labute approximate surface area is 191 Å². The molecule has 174 valence electrons. The summed E-state index contributed by atoms with van der Waals surface area (Å²) in [7, 11) is -1.77. The molecule has 0 spiro atoms. The molecule has 0 bridgehead atoms. The summed E-state index contributed by atoms with van der Waals surface area (Å²) >= 11 is 0. The van der Waals surface area contributed by atoms with Crippen LogP contribution in [0, 0.1) is 27.7 Å². The molecule has 1 aliphatic rings. The van der Waals surface area contributed by atoms with Crippen molar-refractivity contribution in [2.75, 3.05) is 43.4 Å². The number of carbonyl (C=O) groups is 1. The van der Waals surface area contributed by atoms with Crippen molar-refractivity contribution >= 4 is 27.4 Å². The van der Waals surface area contributed by atoms with Gasteiger partial charge in [-0.15, -0.1) is 0 Å². The number of piperazine rings is 1. The lowest BCUT2D eigenvalue weighted by Gasteiger charge is -2.33. The van der Waals surface area contributed by atoms with Crippen LogP contribution in [0.5, 0.6) is 0 Å². The molecule has 1 aliphatic heterocycles. The maximum atomic E-state index is 13.1. The molecule has 1 aromatic heterocycles. The molecule has 9 heteroatoms. The van der Waals surface area contributed by atoms with E-state index in [-0.39, 0.29) is 4.90 Å². The Balaban J connectivity index is 1.67. The van der Waals surface area contributed by atoms with E-state index < -0.39 is 22.0 Å². The summed E-state index contributed by atoms with van der Waals surface area (Å²) in [5.41, 5.74) is 3.71. The van der Waals surface area contributed by atoms with E-state index >= 15 is 0 Å². The first-order chi connectivity index (χ1) is 15.0. The molecule has 0 saturated carbocycles. The average Bonchev–Trinajstić information content (AvgIpc) is 2.73. The fourth-order valence-electron chi connectivity index (χ4n) is 3.86. The number of sulfonamides is 1. The Bertz CT molecular complexity index is 1070. The topological polar surface area (TPSA) is 94.6 Å². The molecule has 2 aromatic rings. The average molecular weight is 460 g/mol. The summed E-state index contributed by atoms with van der Waals surface area (Å²) in [6.07, 6.45) is 1.60. The van der Waals surface area contributed by atoms with Crippen LogP contribution < -0.4 is 14.9 Å². The van der Waals surface area contributed by atoms with Gasteiger partial charge in [0.2, 0.25) is 15.9 Å². The van der Waals surface area contributed by atoms with Gasteiger partial charge in [-0.3, -0.25) is 4.79 Å². The summed E-state index contributed by atoms with van der Waals surface area (Å²) in [5.74, 6) is 0.424. The van der Waals surface area contributed by atoms with Crippen LogP contribution in [0.3, 0.4) is 0 Å². The van der Waals surface area contributed by atoms with E-state index in [0.717, 1.165) is 43.1 Å². The van der Waals surface area contributed by atoms with Crippen molar-refractivity contribution in [1.29, 1.82) is 0 Å². The zero-order valence-electron chi connectivity index (χ0n) is 19.7. The molecule has 0 aliphatic carbocycles. The number of benzene rings is 1. The molecular weight excluding hydrogens is 426 g/mol. The first-order valence-corrected chi connectivity index (χ1v) is 12.3. The number of hydrogen-bond donors (Lipinski definition) is 2. The maximum Gasteiger partial charge on any atom is 0.242 e. The first kappa shape index (κ1) is 24.2. The standard InChI is InChI=1S/C23H33N5O3S/c1-15-13-16(2)18(4)22(17(15)3)32(30,31)26-19(5)23(29)25-20-7-8-21(24-14-20)28-11-9-27(6)10-12-28/h7-8,13-14,19,26H,9-12H2,1-6H3,(H,25,29)/t19-/m0/s1. The lowest BCUT2D eigenvalue weighted by Crippen LogP contribution is -2.44. The third kappa shape index (κ3) is 5.28. The van der Waals surface area contributed by atoms with Crippen LogP contribution in [0.1, 0.15) is 29.2 Å². The van der Waals surface area contributed by atoms with Crippen LogP contribution >= 0.6 is 0 Å². The van der Waals surface area contributed by atoms with Gasteiger partial charge in [-0.25, -0.2) is 13.4 Å². The smallest absolute Gasteiger partial charge is 0.242 e. The van der Waals surface area contributed by atoms with Crippen LogP contribution in [0.15, 0.2) is 29.3 Å². The molecule has 1 saturated heterocycles. The van der Waals surface area contributed by atoms with Gasteiger partial charge >= 0.3 is 0 Å². The minimum absolute atomic E-state index is 0.243. The predicted molar refractivity (Wildman–Crippen MR) is 128 cm³/mol. The van der Waals surface area contributed by atoms with Crippen molar-refractivity contribution in [3.63, 3.8) is 0 Å². The normalized spacial score (nSPS) is 16.1. The Hall–Kier alpha value is -2.49. The number of likely N-dealkylation sites (N-methyl/N-ethyl adjacent to an activating group) is 1. The second-order valence-electron chi connectivity index (χ2n) is 8.62. The minimum atomic E-state index is -3.87. The SMILES string of the molecule is Cc1cc(C)c(C)c(S(=O)(=O)N[C@@H](C)C(=O)Nc2ccc(N3CCN(C)CC3)nc2)c1C. The van der Waals surface area contributed by atoms with E-state index in [4.69, 9.17) is 0 Å². The number of carbonyl (C=O) groups excluding carboxylic acids is 1. The van der Waals surface area contributed by atoms with Crippen LogP contribution in [0.4, 0.5) is 11.5 Å². The Morgan fingerprint density at radius 3 is 2.16 bits per heavy atom. The second kappa shape index (κ2) is 9.56. The zero-order chi connectivity index (χ0) is 23.6. The quantitative estimate of drug-likeness (QED) is 0.689. The molecule has 0 unspecified atom stereocenters. The molecule has 3 rings (SSSR count). The van der Waals surface area contributed by atoms with E-state index in [2.05, 4.69) is 31.9 Å². The predicted octanol–water partition coefficient (Wildman–Crippen LogP) is 2.37. The summed E-state index contributed by atoms with van der Waals surface area (Å²) < 4.78 is 28.7. The van der Waals surface area contributed by atoms with E-state index in [0.29, 0.717) is 16.8 Å². The molecule has 1 aromatic carbocycles. The number of nitrogens with zero attached hydrogens (tertiary/aromatic N) is 3. The molecule has 8 nitrogen and oxygen atoms in total. The van der Waals surface area contributed by atoms with Crippen LogP contribution in [0.2, 0.25) is 0 Å². The van der Waals surface area contributed by atoms with Crippen molar-refractivity contribution in [2.24, 2.45) is 0 Å². The molecule has 1 atom stereocenters. The van der Waals surface area contributed by atoms with Gasteiger partial charge in [-0.05, 0) is 76.1 Å². The fourth-order valence-corrected chi connectivity index (χ4v) is 5.68. The number of anilines is 2. The molecule has 1 amide bonds. The second-order valence-corrected chi connectivity index (χ2v) is 10.3. The fraction of sp³-hybridized carbons (Fsp3) is 0.478. The van der Waals surface area contributed by atoms with Gasteiger partial charge in [0.15, 0.2) is 0 Å². The van der Waals surface area contributed by atoms with E-state index in [1.54, 1.807) is 26.1 Å². The molecule has 2 N–H and O–H groups in total. The molecule has 2 heterocycles. The largest absolute Gasteiger partial charge is 0.354 e. The Morgan fingerprint density at radius 1 is 1.03 bits per heavy atom. The van der Waals surface area contributed by atoms with Crippen molar-refractivity contribution in [3.8, 4) is 0 Å². The summed E-state index contributed by atoms with van der Waals surface area (Å²) in [6, 6.07) is 4.69. The Morgan fingerprint density at radius 2 is 1.62 bits per heavy atom. The number of hydrogen-bond acceptors (Lipinski definition) is 6. The zero-order valence-corrected chi connectivity index (χ0v) is 20.5. The van der Waals surface area contributed by atoms with Gasteiger partial charge in [0.05, 0.1) is 22.8 Å². The summed E-state index contributed by atoms with van der Waals surface area (Å²) in [6.45, 7) is 12.7. The van der Waals surface area contributed by atoms with Gasteiger partial charge in [-0.1, -0.05) is 6.07 Å². The molecule has 32 heavy (non-hydrogen) atoms. The maximum absolute atomic E-state index is 13.1. The highest BCUT2D eigenvalue weighted by Gasteiger charge is 2.26. The third-order valence-electron chi connectivity index (χ3n) is 6.13. The monoisotopic (exact) mass is 459 g/mol. The minimum Gasteiger partial charge on any atom is -0.354 e. The molecule has 1 fully saturated rings. The summed E-state index contributed by atoms with van der Waals surface area (Å²) in [4.78, 5) is 21.8. The van der Waals surface area contributed by atoms with Crippen LogP contribution in [0.25, 0.3) is 0 Å². The van der Waals surface area contributed by atoms with Crippen LogP contribution in [-0.4, -0.2) is 63.5 Å². The Kier molecular flexibility index (Phi) is 7.22. The molecule has 0 radical (unpaired) electrons. The highest BCUT2D eigenvalue weighted by atomic mass is 32.2. The van der Waals surface area contributed by atoms with Gasteiger partial charge in [0.25, 0.3) is 0 Å². The van der Waals surface area contributed by atoms with Gasteiger partial charge < -0.3 is 15.1 Å². The number of nitrogens with one attached hydrogen (secondary N) is 2. The lowest BCUT2D eigenvalue weighted by molar-refractivity contribution is -0.117. The van der Waals surface area contributed by atoms with E-state index in [9.17, 15) is 13.2 Å². The van der Waals surface area contributed by atoms with Crippen molar-refractivity contribution < 1.29 is 13.2 Å². The van der Waals surface area contributed by atoms with Gasteiger partial charge in [0.1, 0.15) is 5.82 Å². The molecular formula is C23H33N5O3S. The lowest BCUT2D eigenvalue weighted by atomic mass is 10.0. The van der Waals surface area contributed by atoms with E-state index in [1.165, 1.54) is 6.92 Å². The number of aryl methyl sites for hydroxylation is 2. The highest BCUT2D eigenvalue weighted by molar-refractivity contribution is 7.89. The van der Waals surface area contributed by atoms with Crippen molar-refractivity contribution in [1.82, 2.24) is 14.6 Å². The van der Waals surface area contributed by atoms with Crippen molar-refractivity contribution in [2.45, 2.75) is 45.6 Å². The van der Waals surface area contributed by atoms with Crippen molar-refractivity contribution in [3.05, 3.63) is 46.6 Å². The number of pyridine rings is 1. The van der Waals surface area contributed by atoms with E-state index in [1.807, 2.05) is 26.0 Å². The van der Waals surface area contributed by atoms with Gasteiger partial charge in [-0.2, -0.15) is 4.72 Å². The first-order valence-electron chi connectivity index (χ1n) is 10.8. The number of amides is 1. The third-order valence-corrected chi connectivity index (χ3v) is 7.95. The summed E-state index contributed by atoms with van der Waals surface area (Å²) in [5, 5.41) is 2.75. The number of aromatic nitrogens is 1. The van der Waals surface area contributed by atoms with Crippen LogP contribution in [-0.2, 0) is 14.8 Å².